The van der Waals surface area contributed by atoms with Crippen molar-refractivity contribution in [2.75, 3.05) is 12.3 Å². The van der Waals surface area contributed by atoms with Crippen LogP contribution in [0.4, 0.5) is 20.3 Å². The summed E-state index contributed by atoms with van der Waals surface area (Å²) in [6.45, 7) is 1.06. The Kier molecular flexibility index (Phi) is 7.61. The number of aliphatic imine (C=N–C) groups is 1. The summed E-state index contributed by atoms with van der Waals surface area (Å²) in [5.74, 6) is 0.0724. The van der Waals surface area contributed by atoms with Gasteiger partial charge in [-0.2, -0.15) is 13.8 Å². The third-order valence-corrected chi connectivity index (χ3v) is 6.55. The van der Waals surface area contributed by atoms with E-state index in [4.69, 9.17) is 10.7 Å². The Balaban J connectivity index is 1.45. The molecule has 3 N–H and O–H groups in total. The minimum absolute atomic E-state index is 0.0699. The standard InChI is InChI=1S/C26H29F2N5O3/c1-15-13-18(33-12-11-23(29)32-26(33)35)9-10-20(15)31-21-7-3-5-17(21)14-30-24(34)19-6-4-8-22(16(19)2)36-25(27)28/h8-13,17,25H,3-7,14H2,1-2H3,(H,30,34)(H2,29,32,35)/b31-21+. The molecule has 0 spiro atoms. The summed E-state index contributed by atoms with van der Waals surface area (Å²) in [6.07, 6.45) is 6.85. The quantitative estimate of drug-likeness (QED) is 0.591. The molecular formula is C26H29F2N5O3. The number of benzene rings is 1. The van der Waals surface area contributed by atoms with Crippen molar-refractivity contribution in [1.29, 1.82) is 0 Å². The first-order chi connectivity index (χ1) is 17.2. The Labute approximate surface area is 207 Å². The van der Waals surface area contributed by atoms with Crippen LogP contribution in [0.25, 0.3) is 5.69 Å². The number of carbonyl (C=O) groups is 1. The first-order valence-electron chi connectivity index (χ1n) is 11.9. The molecule has 0 bridgehead atoms. The fourth-order valence-electron chi connectivity index (χ4n) is 4.63. The maximum atomic E-state index is 12.8. The number of aryl methyl sites for hydroxylation is 1. The van der Waals surface area contributed by atoms with Gasteiger partial charge in [0.05, 0.1) is 11.4 Å². The minimum Gasteiger partial charge on any atom is -0.435 e. The van der Waals surface area contributed by atoms with E-state index in [1.807, 2.05) is 25.1 Å². The van der Waals surface area contributed by atoms with Gasteiger partial charge < -0.3 is 15.8 Å². The van der Waals surface area contributed by atoms with E-state index in [1.165, 1.54) is 4.57 Å². The van der Waals surface area contributed by atoms with E-state index in [0.717, 1.165) is 36.2 Å². The monoisotopic (exact) mass is 497 g/mol. The number of rotatable bonds is 7. The minimum atomic E-state index is -2.92. The summed E-state index contributed by atoms with van der Waals surface area (Å²) in [5.41, 5.74) is 9.43. The second-order valence-electron chi connectivity index (χ2n) is 8.97. The number of nitrogens with one attached hydrogen (secondary N) is 1. The summed E-state index contributed by atoms with van der Waals surface area (Å²) in [6, 6.07) is 7.11. The van der Waals surface area contributed by atoms with Gasteiger partial charge in [-0.1, -0.05) is 0 Å². The van der Waals surface area contributed by atoms with Crippen molar-refractivity contribution in [2.45, 2.75) is 52.6 Å². The number of nitrogens with zero attached hydrogens (tertiary/aromatic N) is 3. The van der Waals surface area contributed by atoms with Crippen molar-refractivity contribution in [2.24, 2.45) is 10.9 Å². The summed E-state index contributed by atoms with van der Waals surface area (Å²) < 4.78 is 31.3. The van der Waals surface area contributed by atoms with Crippen LogP contribution in [0.15, 0.2) is 63.2 Å². The number of halogens is 2. The number of ether oxygens (including phenoxy) is 1. The zero-order valence-corrected chi connectivity index (χ0v) is 20.3. The SMILES string of the molecule is CC1=C(C(=O)NCC2CCC/C2=N\c2ccc(-n3ccc(N)nc3=O)cc2C)CCC=C1OC(F)F. The van der Waals surface area contributed by atoms with Crippen molar-refractivity contribution < 1.29 is 18.3 Å². The fourth-order valence-corrected chi connectivity index (χ4v) is 4.63. The van der Waals surface area contributed by atoms with Crippen LogP contribution in [0.2, 0.25) is 0 Å². The number of amides is 1. The summed E-state index contributed by atoms with van der Waals surface area (Å²) >= 11 is 0. The van der Waals surface area contributed by atoms with Crippen LogP contribution in [0, 0.1) is 12.8 Å². The molecule has 0 aliphatic heterocycles. The number of alkyl halides is 2. The van der Waals surface area contributed by atoms with E-state index in [2.05, 4.69) is 15.0 Å². The molecule has 4 rings (SSSR count). The number of anilines is 1. The number of nitrogens with two attached hydrogens (primary N) is 1. The van der Waals surface area contributed by atoms with E-state index < -0.39 is 12.3 Å². The molecule has 1 saturated carbocycles. The van der Waals surface area contributed by atoms with Gasteiger partial charge in [0.2, 0.25) is 5.91 Å². The molecule has 2 aromatic rings. The molecule has 8 nitrogen and oxygen atoms in total. The van der Waals surface area contributed by atoms with Crippen molar-refractivity contribution in [3.05, 3.63) is 69.5 Å². The lowest BCUT2D eigenvalue weighted by atomic mass is 9.96. The van der Waals surface area contributed by atoms with E-state index >= 15 is 0 Å². The molecule has 10 heteroatoms. The number of allylic oxidation sites excluding steroid dienone is 2. The van der Waals surface area contributed by atoms with Gasteiger partial charge in [-0.3, -0.25) is 14.4 Å². The lowest BCUT2D eigenvalue weighted by Gasteiger charge is -2.20. The first-order valence-corrected chi connectivity index (χ1v) is 11.9. The molecule has 2 aliphatic carbocycles. The molecule has 1 aromatic carbocycles. The molecule has 1 heterocycles. The van der Waals surface area contributed by atoms with Gasteiger partial charge in [-0.15, -0.1) is 0 Å². The van der Waals surface area contributed by atoms with Crippen molar-refractivity contribution in [3.63, 3.8) is 0 Å². The average molecular weight is 498 g/mol. The van der Waals surface area contributed by atoms with Gasteiger partial charge in [0.1, 0.15) is 11.6 Å². The Morgan fingerprint density at radius 1 is 1.31 bits per heavy atom. The molecule has 0 saturated heterocycles. The van der Waals surface area contributed by atoms with E-state index in [9.17, 15) is 18.4 Å². The molecule has 0 radical (unpaired) electrons. The number of hydrogen-bond acceptors (Lipinski definition) is 6. The highest BCUT2D eigenvalue weighted by Crippen LogP contribution is 2.30. The maximum absolute atomic E-state index is 12.8. The third-order valence-electron chi connectivity index (χ3n) is 6.55. The van der Waals surface area contributed by atoms with Crippen LogP contribution >= 0.6 is 0 Å². The maximum Gasteiger partial charge on any atom is 0.387 e. The number of aromatic nitrogens is 2. The molecule has 1 amide bonds. The van der Waals surface area contributed by atoms with Gasteiger partial charge in [-0.05, 0) is 87.4 Å². The van der Waals surface area contributed by atoms with Crippen LogP contribution in [0.5, 0.6) is 0 Å². The Hall–Kier alpha value is -3.82. The van der Waals surface area contributed by atoms with Crippen LogP contribution < -0.4 is 16.7 Å². The van der Waals surface area contributed by atoms with E-state index in [1.54, 1.807) is 25.3 Å². The predicted molar refractivity (Wildman–Crippen MR) is 134 cm³/mol. The van der Waals surface area contributed by atoms with Gasteiger partial charge in [-0.25, -0.2) is 4.79 Å². The Bertz CT molecular complexity index is 1310. The van der Waals surface area contributed by atoms with Crippen LogP contribution in [-0.2, 0) is 9.53 Å². The summed E-state index contributed by atoms with van der Waals surface area (Å²) in [5, 5.41) is 2.97. The number of nitrogen functional groups attached to an aromatic ring is 1. The highest BCUT2D eigenvalue weighted by molar-refractivity contribution is 5.96. The van der Waals surface area contributed by atoms with Crippen molar-refractivity contribution >= 4 is 23.1 Å². The highest BCUT2D eigenvalue weighted by atomic mass is 19.3. The first kappa shape index (κ1) is 25.3. The Morgan fingerprint density at radius 2 is 2.11 bits per heavy atom. The molecule has 1 aromatic heterocycles. The molecule has 1 atom stereocenters. The smallest absolute Gasteiger partial charge is 0.387 e. The van der Waals surface area contributed by atoms with Crippen LogP contribution in [-0.4, -0.2) is 34.3 Å². The second-order valence-corrected chi connectivity index (χ2v) is 8.97. The van der Waals surface area contributed by atoms with E-state index in [0.29, 0.717) is 36.2 Å². The molecule has 1 unspecified atom stereocenters. The van der Waals surface area contributed by atoms with Crippen molar-refractivity contribution in [1.82, 2.24) is 14.9 Å². The topological polar surface area (TPSA) is 112 Å². The molecule has 1 fully saturated rings. The summed E-state index contributed by atoms with van der Waals surface area (Å²) in [4.78, 5) is 33.6. The highest BCUT2D eigenvalue weighted by Gasteiger charge is 2.26. The number of carbonyl (C=O) groups excluding carboxylic acids is 1. The number of hydrogen-bond donors (Lipinski definition) is 2. The summed E-state index contributed by atoms with van der Waals surface area (Å²) in [7, 11) is 0. The normalized spacial score (nSPS) is 19.1. The van der Waals surface area contributed by atoms with Crippen molar-refractivity contribution in [3.8, 4) is 5.69 Å². The molecule has 2 aliphatic rings. The van der Waals surface area contributed by atoms with E-state index in [-0.39, 0.29) is 23.4 Å². The zero-order chi connectivity index (χ0) is 25.8. The lowest BCUT2D eigenvalue weighted by Crippen LogP contribution is -2.33. The predicted octanol–water partition coefficient (Wildman–Crippen LogP) is 4.35. The largest absolute Gasteiger partial charge is 0.435 e. The lowest BCUT2D eigenvalue weighted by molar-refractivity contribution is -0.118. The second kappa shape index (κ2) is 10.8. The van der Waals surface area contributed by atoms with Gasteiger partial charge in [0.15, 0.2) is 0 Å². The fraction of sp³-hybridized carbons (Fsp3) is 0.385. The van der Waals surface area contributed by atoms with Gasteiger partial charge in [0.25, 0.3) is 0 Å². The van der Waals surface area contributed by atoms with Crippen LogP contribution in [0.3, 0.4) is 0 Å². The van der Waals surface area contributed by atoms with Gasteiger partial charge >= 0.3 is 12.3 Å². The van der Waals surface area contributed by atoms with Gasteiger partial charge in [0, 0.05) is 29.9 Å². The Morgan fingerprint density at radius 3 is 2.83 bits per heavy atom. The third kappa shape index (κ3) is 5.69. The molecular weight excluding hydrogens is 468 g/mol. The van der Waals surface area contributed by atoms with Crippen LogP contribution in [0.1, 0.15) is 44.6 Å². The molecule has 36 heavy (non-hydrogen) atoms. The zero-order valence-electron chi connectivity index (χ0n) is 20.3. The average Bonchev–Trinajstić information content (AvgIpc) is 3.27. The molecule has 190 valence electrons.